The van der Waals surface area contributed by atoms with E-state index in [0.29, 0.717) is 11.3 Å². The minimum absolute atomic E-state index is 0.0699. The Labute approximate surface area is 114 Å². The highest BCUT2D eigenvalue weighted by molar-refractivity contribution is 6.00. The number of methoxy groups -OCH3 is 1. The van der Waals surface area contributed by atoms with Crippen LogP contribution in [0, 0.1) is 6.92 Å². The van der Waals surface area contributed by atoms with E-state index in [2.05, 4.69) is 5.32 Å². The SMILES string of the molecule is COc1ccc(C)cc1C(=O)CCC(=O)NC(C)C. The molecule has 1 aromatic rings. The van der Waals surface area contributed by atoms with E-state index in [0.717, 1.165) is 5.56 Å². The zero-order valence-electron chi connectivity index (χ0n) is 11.9. The molecule has 0 fully saturated rings. The first kappa shape index (κ1) is 15.2. The summed E-state index contributed by atoms with van der Waals surface area (Å²) in [4.78, 5) is 23.6. The predicted molar refractivity (Wildman–Crippen MR) is 74.6 cm³/mol. The van der Waals surface area contributed by atoms with Crippen LogP contribution in [-0.2, 0) is 4.79 Å². The lowest BCUT2D eigenvalue weighted by molar-refractivity contribution is -0.121. The minimum atomic E-state index is -0.102. The highest BCUT2D eigenvalue weighted by atomic mass is 16.5. The molecule has 1 aromatic carbocycles. The first-order chi connectivity index (χ1) is 8.93. The second-order valence-electron chi connectivity index (χ2n) is 4.85. The van der Waals surface area contributed by atoms with Gasteiger partial charge in [-0.15, -0.1) is 0 Å². The number of rotatable bonds is 6. The van der Waals surface area contributed by atoms with E-state index in [4.69, 9.17) is 4.74 Å². The summed E-state index contributed by atoms with van der Waals surface area (Å²) in [5.74, 6) is 0.384. The van der Waals surface area contributed by atoms with Crippen LogP contribution in [0.4, 0.5) is 0 Å². The molecule has 4 heteroatoms. The van der Waals surface area contributed by atoms with Crippen molar-refractivity contribution in [3.63, 3.8) is 0 Å². The van der Waals surface area contributed by atoms with Gasteiger partial charge in [0.1, 0.15) is 5.75 Å². The van der Waals surface area contributed by atoms with Gasteiger partial charge in [0.25, 0.3) is 0 Å². The van der Waals surface area contributed by atoms with E-state index in [-0.39, 0.29) is 30.6 Å². The highest BCUT2D eigenvalue weighted by Gasteiger charge is 2.14. The Bertz CT molecular complexity index is 466. The normalized spacial score (nSPS) is 10.4. The van der Waals surface area contributed by atoms with Crippen molar-refractivity contribution in [2.24, 2.45) is 0 Å². The number of hydrogen-bond donors (Lipinski definition) is 1. The van der Waals surface area contributed by atoms with Crippen LogP contribution in [0.3, 0.4) is 0 Å². The van der Waals surface area contributed by atoms with Crippen LogP contribution in [0.15, 0.2) is 18.2 Å². The van der Waals surface area contributed by atoms with Crippen LogP contribution in [0.25, 0.3) is 0 Å². The molecule has 0 aliphatic heterocycles. The second-order valence-corrected chi connectivity index (χ2v) is 4.85. The van der Waals surface area contributed by atoms with Crippen molar-refractivity contribution in [3.05, 3.63) is 29.3 Å². The molecule has 104 valence electrons. The molecular weight excluding hydrogens is 242 g/mol. The molecule has 0 radical (unpaired) electrons. The number of benzene rings is 1. The van der Waals surface area contributed by atoms with Gasteiger partial charge in [0.15, 0.2) is 5.78 Å². The summed E-state index contributed by atoms with van der Waals surface area (Å²) < 4.78 is 5.17. The van der Waals surface area contributed by atoms with Gasteiger partial charge in [-0.05, 0) is 32.9 Å². The van der Waals surface area contributed by atoms with Gasteiger partial charge in [0.05, 0.1) is 12.7 Å². The van der Waals surface area contributed by atoms with Crippen molar-refractivity contribution >= 4 is 11.7 Å². The van der Waals surface area contributed by atoms with Gasteiger partial charge in [-0.1, -0.05) is 11.6 Å². The molecule has 0 aliphatic rings. The van der Waals surface area contributed by atoms with E-state index >= 15 is 0 Å². The Kier molecular flexibility index (Phi) is 5.55. The van der Waals surface area contributed by atoms with E-state index in [1.54, 1.807) is 12.1 Å². The first-order valence-corrected chi connectivity index (χ1v) is 6.41. The van der Waals surface area contributed by atoms with Crippen molar-refractivity contribution < 1.29 is 14.3 Å². The van der Waals surface area contributed by atoms with E-state index < -0.39 is 0 Å². The van der Waals surface area contributed by atoms with Gasteiger partial charge in [-0.2, -0.15) is 0 Å². The third-order valence-electron chi connectivity index (χ3n) is 2.68. The first-order valence-electron chi connectivity index (χ1n) is 6.41. The average molecular weight is 263 g/mol. The zero-order chi connectivity index (χ0) is 14.4. The Morgan fingerprint density at radius 3 is 2.53 bits per heavy atom. The molecule has 1 N–H and O–H groups in total. The van der Waals surface area contributed by atoms with E-state index in [1.165, 1.54) is 7.11 Å². The number of carbonyl (C=O) groups is 2. The van der Waals surface area contributed by atoms with Crippen molar-refractivity contribution in [3.8, 4) is 5.75 Å². The molecule has 0 aliphatic carbocycles. The topological polar surface area (TPSA) is 55.4 Å². The minimum Gasteiger partial charge on any atom is -0.496 e. The lowest BCUT2D eigenvalue weighted by atomic mass is 10.0. The Morgan fingerprint density at radius 1 is 1.26 bits per heavy atom. The van der Waals surface area contributed by atoms with E-state index in [1.807, 2.05) is 26.8 Å². The summed E-state index contributed by atoms with van der Waals surface area (Å²) in [5.41, 5.74) is 1.54. The summed E-state index contributed by atoms with van der Waals surface area (Å²) in [7, 11) is 1.53. The molecule has 0 aromatic heterocycles. The molecule has 0 spiro atoms. The average Bonchev–Trinajstić information content (AvgIpc) is 2.35. The smallest absolute Gasteiger partial charge is 0.220 e. The summed E-state index contributed by atoms with van der Waals surface area (Å²) in [5, 5.41) is 2.77. The summed E-state index contributed by atoms with van der Waals surface area (Å²) in [6.45, 7) is 5.70. The largest absolute Gasteiger partial charge is 0.496 e. The number of Topliss-reactive ketones (excluding diaryl/α,β-unsaturated/α-hetero) is 1. The fourth-order valence-electron chi connectivity index (χ4n) is 1.80. The quantitative estimate of drug-likeness (QED) is 0.802. The molecule has 0 saturated heterocycles. The predicted octanol–water partition coefficient (Wildman–Crippen LogP) is 2.49. The van der Waals surface area contributed by atoms with Crippen LogP contribution in [-0.4, -0.2) is 24.8 Å². The molecule has 1 amide bonds. The van der Waals surface area contributed by atoms with Crippen molar-refractivity contribution in [1.82, 2.24) is 5.32 Å². The summed E-state index contributed by atoms with van der Waals surface area (Å²) >= 11 is 0. The molecule has 0 heterocycles. The number of aryl methyl sites for hydroxylation is 1. The van der Waals surface area contributed by atoms with Crippen molar-refractivity contribution in [2.75, 3.05) is 7.11 Å². The monoisotopic (exact) mass is 263 g/mol. The molecule has 4 nitrogen and oxygen atoms in total. The number of ether oxygens (including phenoxy) is 1. The Hall–Kier alpha value is -1.84. The zero-order valence-corrected chi connectivity index (χ0v) is 11.9. The number of hydrogen-bond acceptors (Lipinski definition) is 3. The van der Waals surface area contributed by atoms with Crippen molar-refractivity contribution in [2.45, 2.75) is 39.7 Å². The van der Waals surface area contributed by atoms with Crippen LogP contribution < -0.4 is 10.1 Å². The van der Waals surface area contributed by atoms with Gasteiger partial charge in [-0.25, -0.2) is 0 Å². The summed E-state index contributed by atoms with van der Waals surface area (Å²) in [6, 6.07) is 5.55. The number of nitrogens with one attached hydrogen (secondary N) is 1. The van der Waals surface area contributed by atoms with Crippen LogP contribution in [0.2, 0.25) is 0 Å². The molecule has 0 saturated carbocycles. The maximum absolute atomic E-state index is 12.1. The fraction of sp³-hybridized carbons (Fsp3) is 0.467. The lowest BCUT2D eigenvalue weighted by Crippen LogP contribution is -2.30. The third-order valence-corrected chi connectivity index (χ3v) is 2.68. The van der Waals surface area contributed by atoms with Gasteiger partial charge in [0.2, 0.25) is 5.91 Å². The second kappa shape index (κ2) is 6.92. The van der Waals surface area contributed by atoms with Gasteiger partial charge >= 0.3 is 0 Å². The molecule has 0 unspecified atom stereocenters. The van der Waals surface area contributed by atoms with Crippen LogP contribution in [0.1, 0.15) is 42.6 Å². The molecule has 0 atom stereocenters. The maximum Gasteiger partial charge on any atom is 0.220 e. The van der Waals surface area contributed by atoms with Crippen LogP contribution in [0.5, 0.6) is 5.75 Å². The number of amides is 1. The standard InChI is InChI=1S/C15H21NO3/c1-10(2)16-15(18)8-6-13(17)12-9-11(3)5-7-14(12)19-4/h5,7,9-10H,6,8H2,1-4H3,(H,16,18). The lowest BCUT2D eigenvalue weighted by Gasteiger charge is -2.10. The fourth-order valence-corrected chi connectivity index (χ4v) is 1.80. The molecule has 19 heavy (non-hydrogen) atoms. The third kappa shape index (κ3) is 4.73. The molecule has 1 rings (SSSR count). The number of carbonyl (C=O) groups excluding carboxylic acids is 2. The Morgan fingerprint density at radius 2 is 1.95 bits per heavy atom. The highest BCUT2D eigenvalue weighted by Crippen LogP contribution is 2.21. The van der Waals surface area contributed by atoms with Crippen LogP contribution >= 0.6 is 0 Å². The van der Waals surface area contributed by atoms with E-state index in [9.17, 15) is 9.59 Å². The Balaban J connectivity index is 2.68. The maximum atomic E-state index is 12.1. The number of ketones is 1. The molecular formula is C15H21NO3. The summed E-state index contributed by atoms with van der Waals surface area (Å²) in [6.07, 6.45) is 0.395. The van der Waals surface area contributed by atoms with Crippen molar-refractivity contribution in [1.29, 1.82) is 0 Å². The van der Waals surface area contributed by atoms with Gasteiger partial charge in [-0.3, -0.25) is 9.59 Å². The molecule has 0 bridgehead atoms. The van der Waals surface area contributed by atoms with Gasteiger partial charge < -0.3 is 10.1 Å². The van der Waals surface area contributed by atoms with Gasteiger partial charge in [0, 0.05) is 18.9 Å².